The number of hydrogen-bond donors (Lipinski definition) is 5. The van der Waals surface area contributed by atoms with Gasteiger partial charge in [-0.05, 0) is 60.6 Å². The lowest BCUT2D eigenvalue weighted by molar-refractivity contribution is -0.135. The topological polar surface area (TPSA) is 164 Å². The molecule has 4 aromatic rings. The molecule has 12 heteroatoms. The van der Waals surface area contributed by atoms with Crippen molar-refractivity contribution in [3.63, 3.8) is 0 Å². The number of alkyl carbamates (subject to hydrolysis) is 2. The van der Waals surface area contributed by atoms with Crippen molar-refractivity contribution in [3.8, 4) is 36.0 Å². The van der Waals surface area contributed by atoms with Gasteiger partial charge in [0.25, 0.3) is 0 Å². The van der Waals surface area contributed by atoms with Gasteiger partial charge < -0.3 is 36.1 Å². The van der Waals surface area contributed by atoms with E-state index in [1.165, 1.54) is 0 Å². The molecule has 0 saturated carbocycles. The molecule has 5 N–H and O–H groups in total. The monoisotopic (exact) mass is 835 g/mol. The number of carbonyl (C=O) groups is 5. The molecular weight excluding hydrogens is 783 g/mol. The molecule has 2 atom stereocenters. The molecule has 4 aromatic carbocycles. The maximum atomic E-state index is 14.7. The van der Waals surface area contributed by atoms with Gasteiger partial charge in [0.05, 0.1) is 6.54 Å². The number of amides is 5. The van der Waals surface area contributed by atoms with E-state index in [0.717, 1.165) is 11.1 Å². The third kappa shape index (κ3) is 16.6. The quantitative estimate of drug-likeness (QED) is 0.0571. The summed E-state index contributed by atoms with van der Waals surface area (Å²) in [6.07, 6.45) is 4.65. The summed E-state index contributed by atoms with van der Waals surface area (Å²) in [5.74, 6) is 12.2. The molecule has 320 valence electrons. The summed E-state index contributed by atoms with van der Waals surface area (Å²) in [4.78, 5) is 67.9. The molecule has 0 spiro atoms. The van der Waals surface area contributed by atoms with Crippen molar-refractivity contribution in [1.82, 2.24) is 26.6 Å². The first-order chi connectivity index (χ1) is 30.1. The molecule has 0 saturated heterocycles. The Bertz CT molecular complexity index is 2160. The first-order valence-corrected chi connectivity index (χ1v) is 20.4. The Balaban J connectivity index is 1.53. The lowest BCUT2D eigenvalue weighted by Gasteiger charge is -2.33. The second-order valence-electron chi connectivity index (χ2n) is 14.6. The van der Waals surface area contributed by atoms with E-state index in [-0.39, 0.29) is 45.6 Å². The van der Waals surface area contributed by atoms with Crippen LogP contribution in [0, 0.1) is 41.9 Å². The van der Waals surface area contributed by atoms with E-state index >= 15 is 0 Å². The Kier molecular flexibility index (Phi) is 19.7. The van der Waals surface area contributed by atoms with E-state index in [4.69, 9.17) is 15.9 Å². The lowest BCUT2D eigenvalue weighted by atomic mass is 9.88. The highest BCUT2D eigenvalue weighted by Gasteiger charge is 2.42. The number of hydrogen-bond acceptors (Lipinski definition) is 7. The number of unbranched alkanes of at least 4 members (excludes halogenated alkanes) is 1. The minimum atomic E-state index is -1.80. The molecule has 0 unspecified atom stereocenters. The van der Waals surface area contributed by atoms with Crippen LogP contribution in [0.5, 0.6) is 0 Å². The summed E-state index contributed by atoms with van der Waals surface area (Å²) < 4.78 is 10.8. The summed E-state index contributed by atoms with van der Waals surface area (Å²) in [6.45, 7) is 3.76. The van der Waals surface area contributed by atoms with E-state index in [1.54, 1.807) is 26.0 Å². The standard InChI is InChI=1S/C50H53N5O7/c1-4-34-51-45(56)43(31-17-18-35-52-48(59)61-36-41-25-13-7-14-26-41)53-46(57)44(38(2)3)54-47(58)50(32-19-29-39-21-9-5-10-22-39,33-20-30-40-23-11-6-12-24-40)55-49(60)62-37-42-27-15-8-16-28-42/h1,5-16,21-28,38,43-44H,17-18,31-37H2,2-3H3,(H,51,56)(H,52,59)(H,53,57)(H,54,58)(H,55,60)/t43-,44-/m0/s1. The van der Waals surface area contributed by atoms with Crippen LogP contribution in [0.1, 0.15) is 68.2 Å². The van der Waals surface area contributed by atoms with Crippen LogP contribution in [-0.4, -0.2) is 60.6 Å². The molecular formula is C50H53N5O7. The van der Waals surface area contributed by atoms with Crippen LogP contribution in [0.2, 0.25) is 0 Å². The number of ether oxygens (including phenoxy) is 2. The molecule has 0 aliphatic rings. The Morgan fingerprint density at radius 1 is 0.629 bits per heavy atom. The van der Waals surface area contributed by atoms with E-state index in [0.29, 0.717) is 24.0 Å². The van der Waals surface area contributed by atoms with Crippen molar-refractivity contribution in [2.45, 2.75) is 76.8 Å². The number of nitrogens with one attached hydrogen (secondary N) is 5. The fourth-order valence-electron chi connectivity index (χ4n) is 6.00. The Labute approximate surface area is 364 Å². The fourth-order valence-corrected chi connectivity index (χ4v) is 6.00. The molecule has 0 heterocycles. The molecule has 0 radical (unpaired) electrons. The zero-order valence-corrected chi connectivity index (χ0v) is 35.1. The van der Waals surface area contributed by atoms with Crippen molar-refractivity contribution in [2.75, 3.05) is 13.1 Å². The van der Waals surface area contributed by atoms with Gasteiger partial charge >= 0.3 is 12.2 Å². The molecule has 5 amide bonds. The SMILES string of the molecule is C#CCNC(=O)[C@H](CCCCNC(=O)OCc1ccccc1)NC(=O)[C@@H](NC(=O)C(CC#Cc1ccccc1)(CC#Cc1ccccc1)NC(=O)OCc1ccccc1)C(C)C. The molecule has 12 nitrogen and oxygen atoms in total. The van der Waals surface area contributed by atoms with Crippen molar-refractivity contribution in [1.29, 1.82) is 0 Å². The molecule has 0 aliphatic heterocycles. The summed E-state index contributed by atoms with van der Waals surface area (Å²) >= 11 is 0. The van der Waals surface area contributed by atoms with Crippen LogP contribution < -0.4 is 26.6 Å². The Hall–Kier alpha value is -7.49. The van der Waals surface area contributed by atoms with Gasteiger partial charge in [-0.15, -0.1) is 6.42 Å². The lowest BCUT2D eigenvalue weighted by Crippen LogP contribution is -2.63. The van der Waals surface area contributed by atoms with Crippen LogP contribution in [0.3, 0.4) is 0 Å². The van der Waals surface area contributed by atoms with Gasteiger partial charge in [-0.2, -0.15) is 0 Å². The van der Waals surface area contributed by atoms with E-state index in [2.05, 4.69) is 56.2 Å². The Morgan fingerprint density at radius 3 is 1.63 bits per heavy atom. The van der Waals surface area contributed by atoms with Crippen LogP contribution in [0.25, 0.3) is 0 Å². The number of terminal acetylenes is 1. The summed E-state index contributed by atoms with van der Waals surface area (Å²) in [7, 11) is 0. The van der Waals surface area contributed by atoms with Crippen LogP contribution >= 0.6 is 0 Å². The maximum absolute atomic E-state index is 14.7. The highest BCUT2D eigenvalue weighted by Crippen LogP contribution is 2.19. The Morgan fingerprint density at radius 2 is 1.13 bits per heavy atom. The average molecular weight is 836 g/mol. The van der Waals surface area contributed by atoms with Gasteiger partial charge in [-0.25, -0.2) is 9.59 Å². The van der Waals surface area contributed by atoms with Gasteiger partial charge in [0, 0.05) is 30.5 Å². The average Bonchev–Trinajstić information content (AvgIpc) is 3.29. The summed E-state index contributed by atoms with van der Waals surface area (Å²) in [5, 5.41) is 13.7. The zero-order chi connectivity index (χ0) is 44.4. The molecule has 0 bridgehead atoms. The van der Waals surface area contributed by atoms with Gasteiger partial charge in [0.1, 0.15) is 30.8 Å². The highest BCUT2D eigenvalue weighted by molar-refractivity contribution is 5.96. The van der Waals surface area contributed by atoms with Gasteiger partial charge in [-0.1, -0.05) is 141 Å². The molecule has 0 aromatic heterocycles. The minimum absolute atomic E-state index is 0.0625. The van der Waals surface area contributed by atoms with E-state index in [9.17, 15) is 24.0 Å². The predicted molar refractivity (Wildman–Crippen MR) is 237 cm³/mol. The number of carbonyl (C=O) groups excluding carboxylic acids is 5. The fraction of sp³-hybridized carbons (Fsp3) is 0.300. The van der Waals surface area contributed by atoms with Crippen LogP contribution in [0.4, 0.5) is 9.59 Å². The third-order valence-corrected chi connectivity index (χ3v) is 9.42. The van der Waals surface area contributed by atoms with Gasteiger partial charge in [0.2, 0.25) is 17.7 Å². The maximum Gasteiger partial charge on any atom is 0.408 e. The molecule has 62 heavy (non-hydrogen) atoms. The van der Waals surface area contributed by atoms with Gasteiger partial charge in [0.15, 0.2) is 0 Å². The highest BCUT2D eigenvalue weighted by atomic mass is 16.6. The zero-order valence-electron chi connectivity index (χ0n) is 35.1. The summed E-state index contributed by atoms with van der Waals surface area (Å²) in [5.41, 5.74) is 1.17. The molecule has 4 rings (SSSR count). The largest absolute Gasteiger partial charge is 0.445 e. The predicted octanol–water partition coefficient (Wildman–Crippen LogP) is 6.01. The van der Waals surface area contributed by atoms with Crippen LogP contribution in [0.15, 0.2) is 121 Å². The van der Waals surface area contributed by atoms with Crippen LogP contribution in [-0.2, 0) is 37.1 Å². The van der Waals surface area contributed by atoms with Crippen molar-refractivity contribution in [2.24, 2.45) is 5.92 Å². The second-order valence-corrected chi connectivity index (χ2v) is 14.6. The third-order valence-electron chi connectivity index (χ3n) is 9.42. The summed E-state index contributed by atoms with van der Waals surface area (Å²) in [6, 6.07) is 34.5. The molecule has 0 aliphatic carbocycles. The molecule has 0 fully saturated rings. The first kappa shape index (κ1) is 47.2. The number of rotatable bonds is 19. The van der Waals surface area contributed by atoms with E-state index < -0.39 is 53.4 Å². The minimum Gasteiger partial charge on any atom is -0.445 e. The normalized spacial score (nSPS) is 11.4. The second kappa shape index (κ2) is 25.9. The van der Waals surface area contributed by atoms with Crippen molar-refractivity contribution in [3.05, 3.63) is 144 Å². The smallest absolute Gasteiger partial charge is 0.408 e. The number of benzene rings is 4. The van der Waals surface area contributed by atoms with Crippen molar-refractivity contribution < 1.29 is 33.4 Å². The van der Waals surface area contributed by atoms with Gasteiger partial charge in [-0.3, -0.25) is 14.4 Å². The van der Waals surface area contributed by atoms with Crippen molar-refractivity contribution >= 4 is 29.9 Å². The van der Waals surface area contributed by atoms with E-state index in [1.807, 2.05) is 109 Å². The first-order valence-electron chi connectivity index (χ1n) is 20.4.